The molecule has 0 aromatic heterocycles. The molecule has 3 aromatic carbocycles. The normalized spacial score (nSPS) is 16.8. The van der Waals surface area contributed by atoms with Gasteiger partial charge in [-0.05, 0) is 53.6 Å². The minimum absolute atomic E-state index is 0.138. The monoisotopic (exact) mass is 530 g/mol. The van der Waals surface area contributed by atoms with Gasteiger partial charge in [-0.2, -0.15) is 0 Å². The summed E-state index contributed by atoms with van der Waals surface area (Å²) in [5.41, 5.74) is 3.16. The maximum atomic E-state index is 13.7. The van der Waals surface area contributed by atoms with Crippen LogP contribution in [0.2, 0.25) is 0 Å². The predicted octanol–water partition coefficient (Wildman–Crippen LogP) is 3.63. The summed E-state index contributed by atoms with van der Waals surface area (Å²) in [6.45, 7) is 1.57. The molecule has 2 atom stereocenters. The van der Waals surface area contributed by atoms with Crippen LogP contribution in [-0.2, 0) is 14.4 Å². The lowest BCUT2D eigenvalue weighted by molar-refractivity contribution is -0.119. The first-order valence-electron chi connectivity index (χ1n) is 12.3. The van der Waals surface area contributed by atoms with Crippen molar-refractivity contribution in [2.24, 2.45) is 0 Å². The summed E-state index contributed by atoms with van der Waals surface area (Å²) in [6.07, 6.45) is 0.750. The van der Waals surface area contributed by atoms with Crippen molar-refractivity contribution in [2.75, 3.05) is 38.6 Å². The van der Waals surface area contributed by atoms with Gasteiger partial charge in [0.15, 0.2) is 11.5 Å². The summed E-state index contributed by atoms with van der Waals surface area (Å²) in [5, 5.41) is 5.68. The van der Waals surface area contributed by atoms with E-state index in [9.17, 15) is 19.2 Å². The molecule has 10 heteroatoms. The van der Waals surface area contributed by atoms with Gasteiger partial charge in [0, 0.05) is 45.0 Å². The van der Waals surface area contributed by atoms with Crippen LogP contribution in [0.4, 0.5) is 11.4 Å². The number of anilines is 2. The summed E-state index contributed by atoms with van der Waals surface area (Å²) in [7, 11) is 5.08. The Morgan fingerprint density at radius 2 is 1.56 bits per heavy atom. The van der Waals surface area contributed by atoms with Gasteiger partial charge in [-0.15, -0.1) is 0 Å². The predicted molar refractivity (Wildman–Crippen MR) is 146 cm³/mol. The first-order chi connectivity index (χ1) is 18.7. The SMILES string of the molecule is CC(=O)Nc1ccc(NC(=O)C2c3ccccc3C(=O)N(C)C2c2ccc3c(c2)OCO3)cc1.CN(C)C=O. The van der Waals surface area contributed by atoms with E-state index in [-0.39, 0.29) is 24.5 Å². The number of rotatable bonds is 5. The molecule has 202 valence electrons. The molecule has 2 N–H and O–H groups in total. The molecule has 4 amide bonds. The zero-order chi connectivity index (χ0) is 28.1. The van der Waals surface area contributed by atoms with Gasteiger partial charge >= 0.3 is 0 Å². The van der Waals surface area contributed by atoms with Crippen LogP contribution in [-0.4, -0.2) is 61.9 Å². The lowest BCUT2D eigenvalue weighted by Crippen LogP contribution is -2.44. The number of carbonyl (C=O) groups excluding carboxylic acids is 4. The van der Waals surface area contributed by atoms with Crippen LogP contribution < -0.4 is 20.1 Å². The van der Waals surface area contributed by atoms with Gasteiger partial charge in [0.2, 0.25) is 25.0 Å². The van der Waals surface area contributed by atoms with Crippen molar-refractivity contribution in [3.63, 3.8) is 0 Å². The van der Waals surface area contributed by atoms with Crippen molar-refractivity contribution in [3.05, 3.63) is 83.4 Å². The highest BCUT2D eigenvalue weighted by Gasteiger charge is 2.43. The largest absolute Gasteiger partial charge is 0.454 e. The Hall–Kier alpha value is -4.86. The zero-order valence-corrected chi connectivity index (χ0v) is 22.1. The molecule has 2 unspecified atom stereocenters. The van der Waals surface area contributed by atoms with Crippen LogP contribution in [0, 0.1) is 0 Å². The fourth-order valence-electron chi connectivity index (χ4n) is 4.53. The van der Waals surface area contributed by atoms with Crippen molar-refractivity contribution in [1.82, 2.24) is 9.80 Å². The van der Waals surface area contributed by atoms with E-state index in [2.05, 4.69) is 10.6 Å². The Labute approximate surface area is 226 Å². The van der Waals surface area contributed by atoms with Crippen LogP contribution >= 0.6 is 0 Å². The van der Waals surface area contributed by atoms with Gasteiger partial charge in [-0.1, -0.05) is 24.3 Å². The quantitative estimate of drug-likeness (QED) is 0.487. The molecule has 3 aromatic rings. The third kappa shape index (κ3) is 6.01. The molecule has 0 bridgehead atoms. The van der Waals surface area contributed by atoms with Crippen LogP contribution in [0.1, 0.15) is 40.4 Å². The first-order valence-corrected chi connectivity index (χ1v) is 12.3. The first kappa shape index (κ1) is 27.2. The average molecular weight is 531 g/mol. The van der Waals surface area contributed by atoms with Gasteiger partial charge in [0.1, 0.15) is 0 Å². The summed E-state index contributed by atoms with van der Waals surface area (Å²) >= 11 is 0. The van der Waals surface area contributed by atoms with Crippen molar-refractivity contribution in [3.8, 4) is 11.5 Å². The fourth-order valence-corrected chi connectivity index (χ4v) is 4.53. The van der Waals surface area contributed by atoms with E-state index in [0.717, 1.165) is 12.0 Å². The van der Waals surface area contributed by atoms with Gasteiger partial charge in [0.05, 0.1) is 12.0 Å². The lowest BCUT2D eigenvalue weighted by Gasteiger charge is -2.39. The smallest absolute Gasteiger partial charge is 0.254 e. The van der Waals surface area contributed by atoms with Crippen LogP contribution in [0.15, 0.2) is 66.7 Å². The van der Waals surface area contributed by atoms with E-state index < -0.39 is 12.0 Å². The summed E-state index contributed by atoms with van der Waals surface area (Å²) < 4.78 is 11.0. The molecule has 0 saturated heterocycles. The highest BCUT2D eigenvalue weighted by Crippen LogP contribution is 2.45. The second kappa shape index (κ2) is 11.7. The Morgan fingerprint density at radius 1 is 0.949 bits per heavy atom. The number of ether oxygens (including phenoxy) is 2. The molecule has 0 saturated carbocycles. The maximum Gasteiger partial charge on any atom is 0.254 e. The number of hydrogen-bond acceptors (Lipinski definition) is 6. The third-order valence-electron chi connectivity index (χ3n) is 6.28. The highest BCUT2D eigenvalue weighted by atomic mass is 16.7. The van der Waals surface area contributed by atoms with Gasteiger partial charge < -0.3 is 29.9 Å². The van der Waals surface area contributed by atoms with Crippen molar-refractivity contribution < 1.29 is 28.7 Å². The van der Waals surface area contributed by atoms with Crippen molar-refractivity contribution in [1.29, 1.82) is 0 Å². The fraction of sp³-hybridized carbons (Fsp3) is 0.241. The van der Waals surface area contributed by atoms with E-state index >= 15 is 0 Å². The minimum atomic E-state index is -0.658. The highest BCUT2D eigenvalue weighted by molar-refractivity contribution is 6.04. The molecule has 5 rings (SSSR count). The molecule has 10 nitrogen and oxygen atoms in total. The number of nitrogens with one attached hydrogen (secondary N) is 2. The van der Waals surface area contributed by atoms with E-state index in [1.807, 2.05) is 24.3 Å². The molecule has 0 aliphatic carbocycles. The number of fused-ring (bicyclic) bond motifs is 2. The number of amides is 4. The summed E-state index contributed by atoms with van der Waals surface area (Å²) in [4.78, 5) is 50.6. The number of likely N-dealkylation sites (N-methyl/N-ethyl adjacent to an activating group) is 1. The molecule has 2 aliphatic rings. The average Bonchev–Trinajstić information content (AvgIpc) is 3.39. The van der Waals surface area contributed by atoms with Gasteiger partial charge in [-0.3, -0.25) is 19.2 Å². The van der Waals surface area contributed by atoms with E-state index in [1.54, 1.807) is 68.5 Å². The second-order valence-electron chi connectivity index (χ2n) is 9.36. The summed E-state index contributed by atoms with van der Waals surface area (Å²) in [5.74, 6) is -0.00740. The molecule has 0 radical (unpaired) electrons. The molecule has 39 heavy (non-hydrogen) atoms. The minimum Gasteiger partial charge on any atom is -0.454 e. The van der Waals surface area contributed by atoms with E-state index in [4.69, 9.17) is 9.47 Å². The van der Waals surface area contributed by atoms with Crippen LogP contribution in [0.5, 0.6) is 11.5 Å². The van der Waals surface area contributed by atoms with Crippen LogP contribution in [0.25, 0.3) is 0 Å². The maximum absolute atomic E-state index is 13.7. The third-order valence-corrected chi connectivity index (χ3v) is 6.28. The molecule has 2 aliphatic heterocycles. The number of carbonyl (C=O) groups is 4. The van der Waals surface area contributed by atoms with Crippen LogP contribution in [0.3, 0.4) is 0 Å². The van der Waals surface area contributed by atoms with Crippen molar-refractivity contribution in [2.45, 2.75) is 18.9 Å². The zero-order valence-electron chi connectivity index (χ0n) is 22.1. The topological polar surface area (TPSA) is 117 Å². The Bertz CT molecular complexity index is 1390. The van der Waals surface area contributed by atoms with E-state index in [0.29, 0.717) is 34.0 Å². The summed E-state index contributed by atoms with van der Waals surface area (Å²) in [6, 6.07) is 19.0. The standard InChI is InChI=1S/C26H23N3O5.C3H7NO/c1-15(30)27-17-8-10-18(11-9-17)28-25(31)23-19-5-3-4-6-20(19)26(32)29(2)24(23)16-7-12-21-22(13-16)34-14-33-21;1-4(2)3-5/h3-13,23-24H,14H2,1-2H3,(H,27,30)(H,28,31);3H,1-2H3. The molecule has 2 heterocycles. The number of nitrogens with zero attached hydrogens (tertiary/aromatic N) is 2. The van der Waals surface area contributed by atoms with Gasteiger partial charge in [-0.25, -0.2) is 0 Å². The Balaban J connectivity index is 0.000000648. The lowest BCUT2D eigenvalue weighted by atomic mass is 9.79. The molecular formula is C29H30N4O6. The Kier molecular flexibility index (Phi) is 8.14. The molecule has 0 spiro atoms. The second-order valence-corrected chi connectivity index (χ2v) is 9.36. The number of benzene rings is 3. The number of hydrogen-bond donors (Lipinski definition) is 2. The van der Waals surface area contributed by atoms with E-state index in [1.165, 1.54) is 11.8 Å². The molecular weight excluding hydrogens is 500 g/mol. The van der Waals surface area contributed by atoms with Crippen molar-refractivity contribution >= 4 is 35.5 Å². The molecule has 0 fully saturated rings. The Morgan fingerprint density at radius 3 is 2.21 bits per heavy atom. The van der Waals surface area contributed by atoms with Gasteiger partial charge in [0.25, 0.3) is 5.91 Å².